The first-order valence-corrected chi connectivity index (χ1v) is 8.51. The molecule has 1 unspecified atom stereocenters. The predicted molar refractivity (Wildman–Crippen MR) is 91.4 cm³/mol. The van der Waals surface area contributed by atoms with Gasteiger partial charge in [0, 0.05) is 32.2 Å². The number of pyridine rings is 1. The number of nitrogens with zero attached hydrogens (tertiary/aromatic N) is 5. The lowest BCUT2D eigenvalue weighted by Gasteiger charge is -2.33. The molecule has 1 aliphatic heterocycles. The molecule has 6 nitrogen and oxygen atoms in total. The monoisotopic (exact) mass is 325 g/mol. The third-order valence-corrected chi connectivity index (χ3v) is 5.08. The second kappa shape index (κ2) is 6.37. The van der Waals surface area contributed by atoms with E-state index in [0.29, 0.717) is 0 Å². The van der Waals surface area contributed by atoms with E-state index >= 15 is 0 Å². The number of hydrogen-bond donors (Lipinski definition) is 1. The summed E-state index contributed by atoms with van der Waals surface area (Å²) in [5.74, 6) is 1.06. The van der Waals surface area contributed by atoms with Gasteiger partial charge in [-0.1, -0.05) is 6.07 Å². The number of rotatable bonds is 4. The molecule has 0 saturated carbocycles. The number of imidazole rings is 2. The topological polar surface area (TPSA) is 58.6 Å². The molecule has 0 bridgehead atoms. The Kier molecular flexibility index (Phi) is 4.08. The van der Waals surface area contributed by atoms with Gasteiger partial charge in [0.1, 0.15) is 17.6 Å². The van der Waals surface area contributed by atoms with E-state index in [2.05, 4.69) is 25.5 Å². The molecule has 0 aromatic carbocycles. The number of aromatic nitrogens is 4. The second-order valence-electron chi connectivity index (χ2n) is 6.63. The zero-order valence-electron chi connectivity index (χ0n) is 13.9. The van der Waals surface area contributed by atoms with Crippen LogP contribution in [-0.2, 0) is 13.6 Å². The minimum atomic E-state index is -0.469. The van der Waals surface area contributed by atoms with Crippen LogP contribution in [0.15, 0.2) is 43.0 Å². The Morgan fingerprint density at radius 3 is 2.79 bits per heavy atom. The minimum Gasteiger partial charge on any atom is -0.385 e. The van der Waals surface area contributed by atoms with Crippen LogP contribution in [0, 0.1) is 5.92 Å². The van der Waals surface area contributed by atoms with Gasteiger partial charge < -0.3 is 14.1 Å². The van der Waals surface area contributed by atoms with Gasteiger partial charge in [0.25, 0.3) is 0 Å². The quantitative estimate of drug-likeness (QED) is 0.797. The molecular weight excluding hydrogens is 302 g/mol. The Morgan fingerprint density at radius 2 is 2.04 bits per heavy atom. The van der Waals surface area contributed by atoms with Gasteiger partial charge in [-0.15, -0.1) is 0 Å². The summed E-state index contributed by atoms with van der Waals surface area (Å²) in [7, 11) is 1.94. The molecule has 6 heteroatoms. The Labute approximate surface area is 141 Å². The summed E-state index contributed by atoms with van der Waals surface area (Å²) in [4.78, 5) is 11.2. The maximum atomic E-state index is 10.6. The lowest BCUT2D eigenvalue weighted by Crippen LogP contribution is -2.35. The highest BCUT2D eigenvalue weighted by Crippen LogP contribution is 2.30. The molecule has 1 fully saturated rings. The molecule has 0 amide bonds. The van der Waals surface area contributed by atoms with Crippen molar-refractivity contribution in [2.24, 2.45) is 13.0 Å². The molecule has 0 spiro atoms. The first kappa shape index (κ1) is 15.4. The van der Waals surface area contributed by atoms with Crippen LogP contribution in [-0.4, -0.2) is 42.0 Å². The fourth-order valence-electron chi connectivity index (χ4n) is 3.63. The van der Waals surface area contributed by atoms with Crippen LogP contribution in [0.4, 0.5) is 0 Å². The van der Waals surface area contributed by atoms with Crippen molar-refractivity contribution in [2.45, 2.75) is 25.5 Å². The van der Waals surface area contributed by atoms with Crippen LogP contribution < -0.4 is 0 Å². The zero-order chi connectivity index (χ0) is 16.5. The Morgan fingerprint density at radius 1 is 1.21 bits per heavy atom. The lowest BCUT2D eigenvalue weighted by molar-refractivity contribution is 0.0488. The molecular formula is C18H23N5O. The van der Waals surface area contributed by atoms with Gasteiger partial charge in [0.15, 0.2) is 0 Å². The van der Waals surface area contributed by atoms with E-state index in [1.165, 1.54) is 5.69 Å². The van der Waals surface area contributed by atoms with Gasteiger partial charge in [-0.25, -0.2) is 9.97 Å². The number of fused-ring (bicyclic) bond motifs is 1. The van der Waals surface area contributed by atoms with E-state index in [1.54, 1.807) is 6.20 Å². The van der Waals surface area contributed by atoms with Crippen molar-refractivity contribution in [3.8, 4) is 0 Å². The van der Waals surface area contributed by atoms with Crippen molar-refractivity contribution >= 4 is 5.65 Å². The molecule has 1 N–H and O–H groups in total. The van der Waals surface area contributed by atoms with E-state index in [0.717, 1.165) is 43.9 Å². The molecule has 126 valence electrons. The summed E-state index contributed by atoms with van der Waals surface area (Å²) in [6.45, 7) is 2.88. The lowest BCUT2D eigenvalue weighted by atomic mass is 9.90. The first-order chi connectivity index (χ1) is 11.7. The molecule has 1 saturated heterocycles. The van der Waals surface area contributed by atoms with Crippen molar-refractivity contribution in [1.82, 2.24) is 23.8 Å². The predicted octanol–water partition coefficient (Wildman–Crippen LogP) is 2.01. The molecule has 3 aromatic rings. The third kappa shape index (κ3) is 2.83. The van der Waals surface area contributed by atoms with Gasteiger partial charge in [-0.3, -0.25) is 4.90 Å². The number of aliphatic hydroxyl groups is 1. The number of piperidine rings is 1. The summed E-state index contributed by atoms with van der Waals surface area (Å²) in [5, 5.41) is 10.6. The largest absolute Gasteiger partial charge is 0.385 e. The number of hydrogen-bond acceptors (Lipinski definition) is 4. The fourth-order valence-corrected chi connectivity index (χ4v) is 3.63. The summed E-state index contributed by atoms with van der Waals surface area (Å²) >= 11 is 0. The normalized spacial score (nSPS) is 18.2. The second-order valence-corrected chi connectivity index (χ2v) is 6.63. The molecule has 4 heterocycles. The average molecular weight is 325 g/mol. The van der Waals surface area contributed by atoms with Gasteiger partial charge in [0.05, 0.1) is 11.9 Å². The van der Waals surface area contributed by atoms with Gasteiger partial charge >= 0.3 is 0 Å². The Hall–Kier alpha value is -2.18. The highest BCUT2D eigenvalue weighted by Gasteiger charge is 2.28. The van der Waals surface area contributed by atoms with E-state index < -0.39 is 6.10 Å². The molecule has 1 aliphatic rings. The van der Waals surface area contributed by atoms with E-state index in [9.17, 15) is 5.11 Å². The minimum absolute atomic E-state index is 0.282. The van der Waals surface area contributed by atoms with Crippen molar-refractivity contribution in [2.75, 3.05) is 13.1 Å². The number of aliphatic hydroxyl groups excluding tert-OH is 1. The summed E-state index contributed by atoms with van der Waals surface area (Å²) in [6.07, 6.45) is 9.18. The highest BCUT2D eigenvalue weighted by molar-refractivity contribution is 5.39. The SMILES string of the molecule is Cn1ccnc1C(O)C1CCN(Cc2cnc3ccccn23)CC1. The molecule has 1 atom stereocenters. The summed E-state index contributed by atoms with van der Waals surface area (Å²) in [6, 6.07) is 6.07. The molecule has 0 aliphatic carbocycles. The maximum absolute atomic E-state index is 10.6. The molecule has 4 rings (SSSR count). The van der Waals surface area contributed by atoms with Crippen LogP contribution in [0.1, 0.15) is 30.5 Å². The van der Waals surface area contributed by atoms with Crippen LogP contribution in [0.5, 0.6) is 0 Å². The zero-order valence-corrected chi connectivity index (χ0v) is 13.9. The average Bonchev–Trinajstić information content (AvgIpc) is 3.22. The van der Waals surface area contributed by atoms with Crippen molar-refractivity contribution in [3.05, 3.63) is 54.5 Å². The van der Waals surface area contributed by atoms with Crippen LogP contribution in [0.3, 0.4) is 0 Å². The summed E-state index contributed by atoms with van der Waals surface area (Å²) < 4.78 is 4.06. The standard InChI is InChI=1S/C18H23N5O/c1-21-11-7-19-18(21)17(24)14-5-9-22(10-6-14)13-15-12-20-16-4-2-3-8-23(15)16/h2-4,7-8,11-12,14,17,24H,5-6,9-10,13H2,1H3. The van der Waals surface area contributed by atoms with Gasteiger partial charge in [-0.2, -0.15) is 0 Å². The molecule has 3 aromatic heterocycles. The molecule has 24 heavy (non-hydrogen) atoms. The van der Waals surface area contributed by atoms with E-state index in [1.807, 2.05) is 42.2 Å². The number of likely N-dealkylation sites (tertiary alicyclic amines) is 1. The smallest absolute Gasteiger partial charge is 0.137 e. The third-order valence-electron chi connectivity index (χ3n) is 5.08. The van der Waals surface area contributed by atoms with Crippen LogP contribution in [0.25, 0.3) is 5.65 Å². The van der Waals surface area contributed by atoms with Crippen molar-refractivity contribution in [1.29, 1.82) is 0 Å². The Balaban J connectivity index is 1.39. The van der Waals surface area contributed by atoms with E-state index in [-0.39, 0.29) is 5.92 Å². The van der Waals surface area contributed by atoms with Crippen LogP contribution in [0.2, 0.25) is 0 Å². The fraction of sp³-hybridized carbons (Fsp3) is 0.444. The summed E-state index contributed by atoms with van der Waals surface area (Å²) in [5.41, 5.74) is 2.21. The highest BCUT2D eigenvalue weighted by atomic mass is 16.3. The molecule has 0 radical (unpaired) electrons. The van der Waals surface area contributed by atoms with Crippen molar-refractivity contribution in [3.63, 3.8) is 0 Å². The van der Waals surface area contributed by atoms with Gasteiger partial charge in [-0.05, 0) is 44.0 Å². The van der Waals surface area contributed by atoms with Gasteiger partial charge in [0.2, 0.25) is 0 Å². The maximum Gasteiger partial charge on any atom is 0.137 e. The first-order valence-electron chi connectivity index (χ1n) is 8.51. The Bertz CT molecular complexity index is 816. The number of aryl methyl sites for hydroxylation is 1. The van der Waals surface area contributed by atoms with Crippen molar-refractivity contribution < 1.29 is 5.11 Å². The van der Waals surface area contributed by atoms with E-state index in [4.69, 9.17) is 0 Å². The van der Waals surface area contributed by atoms with Crippen LogP contribution >= 0.6 is 0 Å².